The molecule has 0 aliphatic rings. The molecule has 1 N–H and O–H groups in total. The minimum atomic E-state index is -4.95. The van der Waals surface area contributed by atoms with Gasteiger partial charge in [0.15, 0.2) is 5.75 Å². The quantitative estimate of drug-likeness (QED) is 0.872. The van der Waals surface area contributed by atoms with Gasteiger partial charge in [-0.1, -0.05) is 15.9 Å². The van der Waals surface area contributed by atoms with Crippen LogP contribution >= 0.6 is 15.9 Å². The highest BCUT2D eigenvalue weighted by Crippen LogP contribution is 2.33. The third-order valence-corrected chi connectivity index (χ3v) is 2.29. The second kappa shape index (κ2) is 5.23. The predicted octanol–water partition coefficient (Wildman–Crippen LogP) is 2.65. The molecular weight excluding hydrogens is 305 g/mol. The fraction of sp³-hybridized carbons (Fsp3) is 0.333. The van der Waals surface area contributed by atoms with Crippen LogP contribution in [0, 0.1) is 11.3 Å². The van der Waals surface area contributed by atoms with Gasteiger partial charge in [-0.3, -0.25) is 0 Å². The maximum absolute atomic E-state index is 12.0. The Bertz CT molecular complexity index is 457. The molecule has 0 saturated carbocycles. The Morgan fingerprint density at radius 2 is 2.18 bits per heavy atom. The number of hydrogen-bond donors (Lipinski definition) is 1. The van der Waals surface area contributed by atoms with Gasteiger partial charge in [0, 0.05) is 10.9 Å². The first-order valence-corrected chi connectivity index (χ1v) is 5.40. The van der Waals surface area contributed by atoms with Crippen LogP contribution in [0.1, 0.15) is 11.3 Å². The topological polar surface area (TPSA) is 66.1 Å². The Morgan fingerprint density at radius 3 is 2.65 bits per heavy atom. The van der Waals surface area contributed by atoms with Gasteiger partial charge in [-0.2, -0.15) is 5.26 Å². The number of aromatic hydroxyl groups is 1. The SMILES string of the molecule is N#CCc1cc(CBr)nc(OC(F)(F)F)c1O. The maximum atomic E-state index is 12.0. The third kappa shape index (κ3) is 3.78. The number of nitrogens with zero attached hydrogens (tertiary/aromatic N) is 2. The summed E-state index contributed by atoms with van der Waals surface area (Å²) in [6.45, 7) is 0. The van der Waals surface area contributed by atoms with Gasteiger partial charge in [0.25, 0.3) is 5.88 Å². The number of ether oxygens (including phenoxy) is 1. The average Bonchev–Trinajstić information content (AvgIpc) is 2.22. The van der Waals surface area contributed by atoms with Crippen LogP contribution in [0.15, 0.2) is 6.07 Å². The molecule has 0 aliphatic heterocycles. The summed E-state index contributed by atoms with van der Waals surface area (Å²) in [5.41, 5.74) is 0.267. The molecule has 0 aromatic carbocycles. The summed E-state index contributed by atoms with van der Waals surface area (Å²) in [7, 11) is 0. The van der Waals surface area contributed by atoms with Crippen LogP contribution in [-0.2, 0) is 11.8 Å². The zero-order valence-corrected chi connectivity index (χ0v) is 9.84. The molecule has 1 aromatic heterocycles. The smallest absolute Gasteiger partial charge is 0.503 e. The van der Waals surface area contributed by atoms with Crippen molar-refractivity contribution in [3.05, 3.63) is 17.3 Å². The third-order valence-electron chi connectivity index (χ3n) is 1.71. The Morgan fingerprint density at radius 1 is 1.53 bits per heavy atom. The molecule has 0 spiro atoms. The maximum Gasteiger partial charge on any atom is 0.574 e. The molecule has 8 heteroatoms. The number of alkyl halides is 4. The second-order valence-corrected chi connectivity index (χ2v) is 3.50. The van der Waals surface area contributed by atoms with E-state index in [0.29, 0.717) is 0 Å². The minimum Gasteiger partial charge on any atom is -0.503 e. The molecule has 1 heterocycles. The number of hydrogen-bond acceptors (Lipinski definition) is 4. The van der Waals surface area contributed by atoms with E-state index in [9.17, 15) is 18.3 Å². The van der Waals surface area contributed by atoms with Crippen molar-refractivity contribution in [1.82, 2.24) is 4.98 Å². The van der Waals surface area contributed by atoms with E-state index in [2.05, 4.69) is 25.7 Å². The van der Waals surface area contributed by atoms with Gasteiger partial charge in [0.05, 0.1) is 18.2 Å². The van der Waals surface area contributed by atoms with Crippen LogP contribution in [0.5, 0.6) is 11.6 Å². The van der Waals surface area contributed by atoms with Crippen LogP contribution in [0.3, 0.4) is 0 Å². The first-order chi connectivity index (χ1) is 7.87. The summed E-state index contributed by atoms with van der Waals surface area (Å²) in [6, 6.07) is 3.06. The fourth-order valence-corrected chi connectivity index (χ4v) is 1.38. The van der Waals surface area contributed by atoms with Crippen molar-refractivity contribution >= 4 is 15.9 Å². The lowest BCUT2D eigenvalue weighted by atomic mass is 10.1. The van der Waals surface area contributed by atoms with E-state index in [1.165, 1.54) is 6.07 Å². The molecule has 17 heavy (non-hydrogen) atoms. The lowest BCUT2D eigenvalue weighted by molar-refractivity contribution is -0.276. The van der Waals surface area contributed by atoms with Crippen molar-refractivity contribution in [2.75, 3.05) is 0 Å². The molecule has 0 bridgehead atoms. The molecule has 92 valence electrons. The molecule has 0 saturated heterocycles. The van der Waals surface area contributed by atoms with Crippen LogP contribution in [-0.4, -0.2) is 16.5 Å². The number of aromatic nitrogens is 1. The van der Waals surface area contributed by atoms with E-state index >= 15 is 0 Å². The van der Waals surface area contributed by atoms with Gasteiger partial charge in [-0.05, 0) is 6.07 Å². The molecular formula is C9H6BrF3N2O2. The summed E-state index contributed by atoms with van der Waals surface area (Å²) in [5, 5.41) is 18.1. The van der Waals surface area contributed by atoms with Crippen molar-refractivity contribution in [3.8, 4) is 17.7 Å². The van der Waals surface area contributed by atoms with E-state index in [1.54, 1.807) is 6.07 Å². The first kappa shape index (κ1) is 13.6. The van der Waals surface area contributed by atoms with Gasteiger partial charge >= 0.3 is 6.36 Å². The van der Waals surface area contributed by atoms with Crippen LogP contribution in [0.25, 0.3) is 0 Å². The van der Waals surface area contributed by atoms with Gasteiger partial charge < -0.3 is 9.84 Å². The summed E-state index contributed by atoms with van der Waals surface area (Å²) in [5.74, 6) is -1.71. The minimum absolute atomic E-state index is 0.0381. The van der Waals surface area contributed by atoms with Crippen molar-refractivity contribution in [3.63, 3.8) is 0 Å². The molecule has 4 nitrogen and oxygen atoms in total. The molecule has 0 aliphatic carbocycles. The number of halogens is 4. The molecule has 1 rings (SSSR count). The van der Waals surface area contributed by atoms with Crippen LogP contribution in [0.4, 0.5) is 13.2 Å². The first-order valence-electron chi connectivity index (χ1n) is 4.27. The predicted molar refractivity (Wildman–Crippen MR) is 54.5 cm³/mol. The molecule has 0 atom stereocenters. The zero-order chi connectivity index (χ0) is 13.1. The van der Waals surface area contributed by atoms with Gasteiger partial charge in [0.1, 0.15) is 0 Å². The van der Waals surface area contributed by atoms with Crippen LogP contribution < -0.4 is 4.74 Å². The zero-order valence-electron chi connectivity index (χ0n) is 8.25. The Hall–Kier alpha value is -1.49. The van der Waals surface area contributed by atoms with Crippen LogP contribution in [0.2, 0.25) is 0 Å². The van der Waals surface area contributed by atoms with Gasteiger partial charge in [-0.25, -0.2) is 4.98 Å². The summed E-state index contributed by atoms with van der Waals surface area (Å²) >= 11 is 3.02. The van der Waals surface area contributed by atoms with E-state index in [0.717, 1.165) is 0 Å². The normalized spacial score (nSPS) is 11.0. The lowest BCUT2D eigenvalue weighted by Gasteiger charge is -2.12. The second-order valence-electron chi connectivity index (χ2n) is 2.94. The molecule has 0 radical (unpaired) electrons. The van der Waals surface area contributed by atoms with Crippen molar-refractivity contribution in [2.45, 2.75) is 18.1 Å². The average molecular weight is 311 g/mol. The summed E-state index contributed by atoms with van der Waals surface area (Å²) in [6.07, 6.45) is -5.18. The Labute approximate surface area is 103 Å². The van der Waals surface area contributed by atoms with E-state index < -0.39 is 18.0 Å². The number of pyridine rings is 1. The van der Waals surface area contributed by atoms with E-state index in [-0.39, 0.29) is 23.0 Å². The molecule has 1 aromatic rings. The highest BCUT2D eigenvalue weighted by Gasteiger charge is 2.33. The summed E-state index contributed by atoms with van der Waals surface area (Å²) < 4.78 is 39.6. The summed E-state index contributed by atoms with van der Waals surface area (Å²) in [4.78, 5) is 3.47. The van der Waals surface area contributed by atoms with E-state index in [4.69, 9.17) is 5.26 Å². The van der Waals surface area contributed by atoms with Gasteiger partial charge in [0.2, 0.25) is 0 Å². The highest BCUT2D eigenvalue weighted by atomic mass is 79.9. The highest BCUT2D eigenvalue weighted by molar-refractivity contribution is 9.08. The number of rotatable bonds is 3. The Kier molecular flexibility index (Phi) is 4.17. The molecule has 0 fully saturated rings. The molecule has 0 amide bonds. The molecule has 0 unspecified atom stereocenters. The van der Waals surface area contributed by atoms with E-state index in [1.807, 2.05) is 0 Å². The largest absolute Gasteiger partial charge is 0.574 e. The van der Waals surface area contributed by atoms with Crippen molar-refractivity contribution < 1.29 is 23.0 Å². The standard InChI is InChI=1S/C9H6BrF3N2O2/c10-4-6-3-5(1-2-14)7(16)8(15-6)17-9(11,12)13/h3,16H,1,4H2. The van der Waals surface area contributed by atoms with Crippen molar-refractivity contribution in [1.29, 1.82) is 5.26 Å². The van der Waals surface area contributed by atoms with Gasteiger partial charge in [-0.15, -0.1) is 13.2 Å². The Balaban J connectivity index is 3.20. The monoisotopic (exact) mass is 310 g/mol. The fourth-order valence-electron chi connectivity index (χ4n) is 1.09. The lowest BCUT2D eigenvalue weighted by Crippen LogP contribution is -2.18. The number of nitriles is 1. The van der Waals surface area contributed by atoms with Crippen molar-refractivity contribution in [2.24, 2.45) is 0 Å².